The van der Waals surface area contributed by atoms with Crippen LogP contribution in [0.1, 0.15) is 15.4 Å². The van der Waals surface area contributed by atoms with Crippen LogP contribution in [0.2, 0.25) is 0 Å². The van der Waals surface area contributed by atoms with Gasteiger partial charge in [0.2, 0.25) is 0 Å². The van der Waals surface area contributed by atoms with Crippen molar-refractivity contribution in [3.63, 3.8) is 0 Å². The molecule has 1 aliphatic rings. The van der Waals surface area contributed by atoms with Crippen molar-refractivity contribution in [3.05, 3.63) is 10.6 Å². The minimum Gasteiger partial charge on any atom is -0.375 e. The second-order valence-electron chi connectivity index (χ2n) is 3.27. The Morgan fingerprint density at radius 1 is 1.75 bits per heavy atom. The minimum atomic E-state index is -0.657. The van der Waals surface area contributed by atoms with Crippen molar-refractivity contribution in [1.82, 2.24) is 15.8 Å². The van der Waals surface area contributed by atoms with Crippen LogP contribution in [0.3, 0.4) is 0 Å². The lowest BCUT2D eigenvalue weighted by atomic mass is 10.3. The summed E-state index contributed by atoms with van der Waals surface area (Å²) in [4.78, 5) is 31.9. The predicted molar refractivity (Wildman–Crippen MR) is 56.6 cm³/mol. The van der Waals surface area contributed by atoms with Gasteiger partial charge < -0.3 is 11.1 Å². The molecule has 0 aromatic carbocycles. The lowest BCUT2D eigenvalue weighted by molar-refractivity contribution is -0.125. The molecule has 86 valence electrons. The lowest BCUT2D eigenvalue weighted by Gasteiger charge is -2.06. The third-order valence-electron chi connectivity index (χ3n) is 2.06. The third kappa shape index (κ3) is 1.97. The Kier molecular flexibility index (Phi) is 2.75. The molecule has 0 spiro atoms. The van der Waals surface area contributed by atoms with Gasteiger partial charge >= 0.3 is 0 Å². The normalized spacial score (nSPS) is 19.6. The van der Waals surface area contributed by atoms with Crippen LogP contribution >= 0.6 is 11.3 Å². The number of nitrogens with zero attached hydrogens (tertiary/aromatic N) is 1. The van der Waals surface area contributed by atoms with Gasteiger partial charge in [-0.05, 0) is 6.92 Å². The van der Waals surface area contributed by atoms with Crippen molar-refractivity contribution < 1.29 is 14.4 Å². The first-order chi connectivity index (χ1) is 7.58. The smallest absolute Gasteiger partial charge is 0.268 e. The average Bonchev–Trinajstić information content (AvgIpc) is 2.74. The van der Waals surface area contributed by atoms with E-state index in [1.54, 1.807) is 6.92 Å². The van der Waals surface area contributed by atoms with Crippen LogP contribution in [0.25, 0.3) is 0 Å². The van der Waals surface area contributed by atoms with Gasteiger partial charge in [-0.2, -0.15) is 0 Å². The second kappa shape index (κ2) is 4.06. The summed E-state index contributed by atoms with van der Waals surface area (Å²) in [6.45, 7) is 1.81. The molecule has 1 fully saturated rings. The number of hydrogen-bond donors (Lipinski definition) is 3. The zero-order valence-electron chi connectivity index (χ0n) is 8.44. The monoisotopic (exact) mass is 242 g/mol. The molecular weight excluding hydrogens is 232 g/mol. The molecule has 1 aromatic rings. The van der Waals surface area contributed by atoms with Crippen molar-refractivity contribution >= 4 is 28.3 Å². The molecule has 1 saturated heterocycles. The number of hydrogen-bond acceptors (Lipinski definition) is 6. The maximum atomic E-state index is 11.7. The summed E-state index contributed by atoms with van der Waals surface area (Å²) in [6, 6.07) is -0.657. The van der Waals surface area contributed by atoms with Crippen LogP contribution in [-0.2, 0) is 9.63 Å². The quantitative estimate of drug-likeness (QED) is 0.629. The molecule has 7 nitrogen and oxygen atoms in total. The molecule has 0 saturated carbocycles. The minimum absolute atomic E-state index is 0.123. The maximum Gasteiger partial charge on any atom is 0.268 e. The van der Waals surface area contributed by atoms with E-state index in [-0.39, 0.29) is 18.4 Å². The molecule has 4 N–H and O–H groups in total. The van der Waals surface area contributed by atoms with Crippen LogP contribution in [0.15, 0.2) is 0 Å². The Hall–Kier alpha value is -1.67. The molecule has 16 heavy (non-hydrogen) atoms. The molecule has 0 aliphatic carbocycles. The summed E-state index contributed by atoms with van der Waals surface area (Å²) < 4.78 is 0. The molecule has 1 atom stereocenters. The Morgan fingerprint density at radius 3 is 3.00 bits per heavy atom. The highest BCUT2D eigenvalue weighted by atomic mass is 32.1. The second-order valence-corrected chi connectivity index (χ2v) is 4.30. The highest BCUT2D eigenvalue weighted by Crippen LogP contribution is 2.19. The number of nitrogen functional groups attached to an aromatic ring is 1. The first kappa shape index (κ1) is 10.8. The van der Waals surface area contributed by atoms with Crippen molar-refractivity contribution in [2.24, 2.45) is 0 Å². The van der Waals surface area contributed by atoms with Gasteiger partial charge in [-0.3, -0.25) is 14.4 Å². The maximum absolute atomic E-state index is 11.7. The Bertz CT molecular complexity index is 444. The van der Waals surface area contributed by atoms with Gasteiger partial charge in [-0.15, -0.1) is 0 Å². The SMILES string of the molecule is Cc1nc(N)sc1C(=O)N[C@@H]1CONC1=O. The zero-order valence-corrected chi connectivity index (χ0v) is 9.26. The molecule has 2 rings (SSSR count). The van der Waals surface area contributed by atoms with Gasteiger partial charge in [0, 0.05) is 0 Å². The molecule has 1 aliphatic heterocycles. The predicted octanol–water partition coefficient (Wildman–Crippen LogP) is -0.806. The third-order valence-corrected chi connectivity index (χ3v) is 3.05. The number of carbonyl (C=O) groups excluding carboxylic acids is 2. The van der Waals surface area contributed by atoms with Gasteiger partial charge in [-0.25, -0.2) is 10.5 Å². The molecular formula is C8H10N4O3S. The molecule has 0 unspecified atom stereocenters. The van der Waals surface area contributed by atoms with Crippen LogP contribution in [0.5, 0.6) is 0 Å². The number of thiazole rings is 1. The molecule has 0 radical (unpaired) electrons. The molecule has 2 amide bonds. The fourth-order valence-electron chi connectivity index (χ4n) is 1.30. The van der Waals surface area contributed by atoms with Crippen LogP contribution in [0.4, 0.5) is 5.13 Å². The highest BCUT2D eigenvalue weighted by Gasteiger charge is 2.28. The number of nitrogens with two attached hydrogens (primary N) is 1. The van der Waals surface area contributed by atoms with E-state index in [1.807, 2.05) is 0 Å². The topological polar surface area (TPSA) is 106 Å². The summed E-state index contributed by atoms with van der Waals surface area (Å²) >= 11 is 1.09. The zero-order chi connectivity index (χ0) is 11.7. The number of anilines is 1. The van der Waals surface area contributed by atoms with E-state index >= 15 is 0 Å². The summed E-state index contributed by atoms with van der Waals surface area (Å²) in [6.07, 6.45) is 0. The van der Waals surface area contributed by atoms with Crippen LogP contribution < -0.4 is 16.5 Å². The van der Waals surface area contributed by atoms with Gasteiger partial charge in [-0.1, -0.05) is 11.3 Å². The van der Waals surface area contributed by atoms with Gasteiger partial charge in [0.15, 0.2) is 5.13 Å². The summed E-state index contributed by atoms with van der Waals surface area (Å²) in [7, 11) is 0. The van der Waals surface area contributed by atoms with Crippen molar-refractivity contribution in [3.8, 4) is 0 Å². The molecule has 8 heteroatoms. The fraction of sp³-hybridized carbons (Fsp3) is 0.375. The molecule has 2 heterocycles. The van der Waals surface area contributed by atoms with Crippen LogP contribution in [-0.4, -0.2) is 29.4 Å². The van der Waals surface area contributed by atoms with E-state index in [1.165, 1.54) is 0 Å². The summed E-state index contributed by atoms with van der Waals surface area (Å²) in [5.41, 5.74) is 8.19. The number of amides is 2. The van der Waals surface area contributed by atoms with Gasteiger partial charge in [0.25, 0.3) is 11.8 Å². The molecule has 0 bridgehead atoms. The van der Waals surface area contributed by atoms with Crippen molar-refractivity contribution in [2.45, 2.75) is 13.0 Å². The van der Waals surface area contributed by atoms with Crippen molar-refractivity contribution in [2.75, 3.05) is 12.3 Å². The van der Waals surface area contributed by atoms with E-state index in [0.717, 1.165) is 11.3 Å². The van der Waals surface area contributed by atoms with E-state index < -0.39 is 6.04 Å². The van der Waals surface area contributed by atoms with E-state index in [9.17, 15) is 9.59 Å². The molecule has 1 aromatic heterocycles. The van der Waals surface area contributed by atoms with E-state index in [0.29, 0.717) is 15.7 Å². The Labute approximate surface area is 94.9 Å². The first-order valence-electron chi connectivity index (χ1n) is 4.53. The number of aryl methyl sites for hydroxylation is 1. The fourth-order valence-corrected chi connectivity index (χ4v) is 2.04. The van der Waals surface area contributed by atoms with Gasteiger partial charge in [0.05, 0.1) is 5.69 Å². The van der Waals surface area contributed by atoms with E-state index in [4.69, 9.17) is 10.6 Å². The number of carbonyl (C=O) groups is 2. The number of rotatable bonds is 2. The van der Waals surface area contributed by atoms with Crippen LogP contribution in [0, 0.1) is 6.92 Å². The Morgan fingerprint density at radius 2 is 2.50 bits per heavy atom. The lowest BCUT2D eigenvalue weighted by Crippen LogP contribution is -2.41. The average molecular weight is 242 g/mol. The van der Waals surface area contributed by atoms with E-state index in [2.05, 4.69) is 15.8 Å². The Balaban J connectivity index is 2.08. The van der Waals surface area contributed by atoms with Crippen molar-refractivity contribution in [1.29, 1.82) is 0 Å². The number of aromatic nitrogens is 1. The summed E-state index contributed by atoms with van der Waals surface area (Å²) in [5.74, 6) is -0.721. The number of nitrogens with one attached hydrogen (secondary N) is 2. The standard InChI is InChI=1S/C8H10N4O3S/c1-3-5(16-8(9)10-3)7(14)11-4-2-15-12-6(4)13/h4H,2H2,1H3,(H2,9,10)(H,11,14)(H,12,13)/t4-/m1/s1. The largest absolute Gasteiger partial charge is 0.375 e. The van der Waals surface area contributed by atoms with Gasteiger partial charge in [0.1, 0.15) is 17.5 Å². The first-order valence-corrected chi connectivity index (χ1v) is 5.35. The highest BCUT2D eigenvalue weighted by molar-refractivity contribution is 7.17. The summed E-state index contributed by atoms with van der Waals surface area (Å²) in [5, 5.41) is 2.87. The number of hydroxylamine groups is 1.